The van der Waals surface area contributed by atoms with Crippen LogP contribution in [0.3, 0.4) is 0 Å². The lowest BCUT2D eigenvalue weighted by Crippen LogP contribution is -2.00. The van der Waals surface area contributed by atoms with Crippen molar-refractivity contribution >= 4 is 22.6 Å². The summed E-state index contributed by atoms with van der Waals surface area (Å²) in [7, 11) is 1.69. The SMILES string of the molecule is COc1cc(CI)ccc1OCCCCc1ccccc1. The predicted octanol–water partition coefficient (Wildman–Crippen LogP) is 5.03. The molecule has 0 unspecified atom stereocenters. The Labute approximate surface area is 140 Å². The minimum Gasteiger partial charge on any atom is -0.493 e. The molecule has 0 aliphatic rings. The van der Waals surface area contributed by atoms with Crippen LogP contribution in [-0.2, 0) is 10.8 Å². The summed E-state index contributed by atoms with van der Waals surface area (Å²) >= 11 is 2.35. The van der Waals surface area contributed by atoms with Crippen LogP contribution in [0, 0.1) is 0 Å². The number of methoxy groups -OCH3 is 1. The minimum atomic E-state index is 0.729. The zero-order chi connectivity index (χ0) is 14.9. The van der Waals surface area contributed by atoms with Crippen LogP contribution in [0.25, 0.3) is 0 Å². The van der Waals surface area contributed by atoms with Crippen LogP contribution in [0.1, 0.15) is 24.0 Å². The molecule has 2 aromatic rings. The third-order valence-electron chi connectivity index (χ3n) is 3.34. The van der Waals surface area contributed by atoms with Crippen LogP contribution in [-0.4, -0.2) is 13.7 Å². The Kier molecular flexibility index (Phi) is 6.86. The smallest absolute Gasteiger partial charge is 0.161 e. The molecule has 0 radical (unpaired) electrons. The summed E-state index contributed by atoms with van der Waals surface area (Å²) in [5, 5.41) is 0. The van der Waals surface area contributed by atoms with E-state index in [4.69, 9.17) is 9.47 Å². The molecule has 0 saturated heterocycles. The molecule has 0 bridgehead atoms. The van der Waals surface area contributed by atoms with Crippen molar-refractivity contribution in [1.29, 1.82) is 0 Å². The van der Waals surface area contributed by atoms with E-state index in [1.165, 1.54) is 11.1 Å². The van der Waals surface area contributed by atoms with Gasteiger partial charge in [-0.2, -0.15) is 0 Å². The molecule has 3 heteroatoms. The summed E-state index contributed by atoms with van der Waals surface area (Å²) in [6, 6.07) is 16.7. The highest BCUT2D eigenvalue weighted by Crippen LogP contribution is 2.29. The Morgan fingerprint density at radius 2 is 1.71 bits per heavy atom. The number of aryl methyl sites for hydroxylation is 1. The van der Waals surface area contributed by atoms with Crippen molar-refractivity contribution in [3.05, 3.63) is 59.7 Å². The summed E-state index contributed by atoms with van der Waals surface area (Å²) < 4.78 is 12.2. The second kappa shape index (κ2) is 8.93. The number of hydrogen-bond donors (Lipinski definition) is 0. The highest BCUT2D eigenvalue weighted by molar-refractivity contribution is 14.1. The van der Waals surface area contributed by atoms with Gasteiger partial charge in [0.2, 0.25) is 0 Å². The molecule has 0 heterocycles. The van der Waals surface area contributed by atoms with Gasteiger partial charge in [-0.1, -0.05) is 59.0 Å². The number of unbranched alkanes of at least 4 members (excludes halogenated alkanes) is 1. The second-order valence-corrected chi connectivity index (χ2v) is 5.67. The molecule has 0 aromatic heterocycles. The van der Waals surface area contributed by atoms with Crippen LogP contribution < -0.4 is 9.47 Å². The standard InChI is InChI=1S/C18H21IO2/c1-20-18-13-16(14-19)10-11-17(18)21-12-6-5-9-15-7-3-2-4-8-15/h2-4,7-8,10-11,13H,5-6,9,12,14H2,1H3. The first kappa shape index (κ1) is 16.1. The summed E-state index contributed by atoms with van der Waals surface area (Å²) in [5.41, 5.74) is 2.64. The van der Waals surface area contributed by atoms with Gasteiger partial charge >= 0.3 is 0 Å². The van der Waals surface area contributed by atoms with E-state index in [1.54, 1.807) is 7.11 Å². The number of hydrogen-bond acceptors (Lipinski definition) is 2. The van der Waals surface area contributed by atoms with Crippen molar-refractivity contribution in [2.24, 2.45) is 0 Å². The molecule has 0 aliphatic carbocycles. The first-order valence-corrected chi connectivity index (χ1v) is 8.75. The maximum Gasteiger partial charge on any atom is 0.161 e. The lowest BCUT2D eigenvalue weighted by Gasteiger charge is -2.11. The van der Waals surface area contributed by atoms with Gasteiger partial charge in [-0.05, 0) is 42.5 Å². The maximum absolute atomic E-state index is 5.84. The molecule has 0 N–H and O–H groups in total. The van der Waals surface area contributed by atoms with Gasteiger partial charge in [0.1, 0.15) is 0 Å². The van der Waals surface area contributed by atoms with E-state index < -0.39 is 0 Å². The second-order valence-electron chi connectivity index (χ2n) is 4.91. The zero-order valence-electron chi connectivity index (χ0n) is 12.3. The summed E-state index contributed by atoms with van der Waals surface area (Å²) in [6.07, 6.45) is 3.29. The molecule has 2 rings (SSSR count). The van der Waals surface area contributed by atoms with Crippen molar-refractivity contribution in [3.8, 4) is 11.5 Å². The fourth-order valence-electron chi connectivity index (χ4n) is 2.17. The number of alkyl halides is 1. The normalized spacial score (nSPS) is 10.4. The van der Waals surface area contributed by atoms with Gasteiger partial charge in [-0.3, -0.25) is 0 Å². The summed E-state index contributed by atoms with van der Waals surface area (Å²) in [4.78, 5) is 0. The first-order valence-electron chi connectivity index (χ1n) is 7.23. The van der Waals surface area contributed by atoms with E-state index in [9.17, 15) is 0 Å². The highest BCUT2D eigenvalue weighted by atomic mass is 127. The van der Waals surface area contributed by atoms with Crippen molar-refractivity contribution in [2.45, 2.75) is 23.7 Å². The van der Waals surface area contributed by atoms with Gasteiger partial charge in [0.15, 0.2) is 11.5 Å². The molecule has 0 amide bonds. The molecule has 0 spiro atoms. The number of halogens is 1. The summed E-state index contributed by atoms with van der Waals surface area (Å²) in [5.74, 6) is 1.66. The molecule has 21 heavy (non-hydrogen) atoms. The van der Waals surface area contributed by atoms with Gasteiger partial charge in [0, 0.05) is 4.43 Å². The van der Waals surface area contributed by atoms with E-state index in [2.05, 4.69) is 59.0 Å². The number of ether oxygens (including phenoxy) is 2. The van der Waals surface area contributed by atoms with Crippen molar-refractivity contribution < 1.29 is 9.47 Å². The Balaban J connectivity index is 1.76. The topological polar surface area (TPSA) is 18.5 Å². The molecular weight excluding hydrogens is 375 g/mol. The van der Waals surface area contributed by atoms with E-state index in [-0.39, 0.29) is 0 Å². The average Bonchev–Trinajstić information content (AvgIpc) is 2.55. The molecule has 0 aliphatic heterocycles. The Morgan fingerprint density at radius 1 is 0.905 bits per heavy atom. The first-order chi connectivity index (χ1) is 10.3. The van der Waals surface area contributed by atoms with E-state index >= 15 is 0 Å². The van der Waals surface area contributed by atoms with Gasteiger partial charge in [0.25, 0.3) is 0 Å². The van der Waals surface area contributed by atoms with Crippen LogP contribution in [0.2, 0.25) is 0 Å². The lowest BCUT2D eigenvalue weighted by atomic mass is 10.1. The lowest BCUT2D eigenvalue weighted by molar-refractivity contribution is 0.286. The van der Waals surface area contributed by atoms with Crippen LogP contribution in [0.5, 0.6) is 11.5 Å². The molecule has 0 saturated carbocycles. The predicted molar refractivity (Wildman–Crippen MR) is 95.6 cm³/mol. The fraction of sp³-hybridized carbons (Fsp3) is 0.333. The molecule has 2 nitrogen and oxygen atoms in total. The van der Waals surface area contributed by atoms with E-state index in [0.29, 0.717) is 0 Å². The number of rotatable bonds is 8. The van der Waals surface area contributed by atoms with Gasteiger partial charge in [0.05, 0.1) is 13.7 Å². The van der Waals surface area contributed by atoms with Gasteiger partial charge < -0.3 is 9.47 Å². The van der Waals surface area contributed by atoms with Crippen molar-refractivity contribution in [3.63, 3.8) is 0 Å². The third-order valence-corrected chi connectivity index (χ3v) is 4.22. The molecular formula is C18H21IO2. The molecule has 0 atom stereocenters. The Morgan fingerprint density at radius 3 is 2.43 bits per heavy atom. The van der Waals surface area contributed by atoms with Crippen LogP contribution in [0.4, 0.5) is 0 Å². The largest absolute Gasteiger partial charge is 0.493 e. The van der Waals surface area contributed by atoms with Gasteiger partial charge in [-0.25, -0.2) is 0 Å². The maximum atomic E-state index is 5.84. The van der Waals surface area contributed by atoms with Crippen molar-refractivity contribution in [2.75, 3.05) is 13.7 Å². The Bertz CT molecular complexity index is 540. The van der Waals surface area contributed by atoms with E-state index in [0.717, 1.165) is 41.8 Å². The minimum absolute atomic E-state index is 0.729. The molecule has 0 fully saturated rings. The monoisotopic (exact) mass is 396 g/mol. The highest BCUT2D eigenvalue weighted by Gasteiger charge is 2.05. The van der Waals surface area contributed by atoms with E-state index in [1.807, 2.05) is 12.1 Å². The summed E-state index contributed by atoms with van der Waals surface area (Å²) in [6.45, 7) is 0.729. The quantitative estimate of drug-likeness (QED) is 0.354. The third kappa shape index (κ3) is 5.23. The average molecular weight is 396 g/mol. The zero-order valence-corrected chi connectivity index (χ0v) is 14.5. The molecule has 2 aromatic carbocycles. The Hall–Kier alpha value is -1.23. The number of benzene rings is 2. The van der Waals surface area contributed by atoms with Crippen LogP contribution >= 0.6 is 22.6 Å². The van der Waals surface area contributed by atoms with Crippen molar-refractivity contribution in [1.82, 2.24) is 0 Å². The van der Waals surface area contributed by atoms with Gasteiger partial charge in [-0.15, -0.1) is 0 Å². The van der Waals surface area contributed by atoms with Crippen LogP contribution in [0.15, 0.2) is 48.5 Å². The fourth-order valence-corrected chi connectivity index (χ4v) is 2.65. The molecule has 112 valence electrons.